The van der Waals surface area contributed by atoms with E-state index in [4.69, 9.17) is 4.42 Å². The quantitative estimate of drug-likeness (QED) is 0.811. The third kappa shape index (κ3) is 3.21. The molecule has 0 aromatic carbocycles. The lowest BCUT2D eigenvalue weighted by atomic mass is 10.1. The summed E-state index contributed by atoms with van der Waals surface area (Å²) >= 11 is 0. The number of oxazole rings is 1. The standard InChI is InChI=1S/C17H25N5O2/c1-4-20(5-2)9-7-15-11-21(10-14-6-8-19-22(14)15)17(23)16-13(3)18-12-24-16/h6,8,12,15H,4-5,7,9-11H2,1-3H3. The van der Waals surface area contributed by atoms with Gasteiger partial charge >= 0.3 is 0 Å². The second kappa shape index (κ2) is 7.17. The Labute approximate surface area is 142 Å². The summed E-state index contributed by atoms with van der Waals surface area (Å²) in [6.07, 6.45) is 4.11. The average Bonchev–Trinajstić information content (AvgIpc) is 3.23. The highest BCUT2D eigenvalue weighted by Gasteiger charge is 2.31. The van der Waals surface area contributed by atoms with Crippen molar-refractivity contribution in [2.75, 3.05) is 26.2 Å². The molecular weight excluding hydrogens is 306 g/mol. The largest absolute Gasteiger partial charge is 0.438 e. The fourth-order valence-corrected chi connectivity index (χ4v) is 3.28. The molecule has 1 atom stereocenters. The van der Waals surface area contributed by atoms with E-state index < -0.39 is 0 Å². The Balaban J connectivity index is 1.76. The molecule has 0 saturated carbocycles. The maximum atomic E-state index is 12.8. The highest BCUT2D eigenvalue weighted by molar-refractivity contribution is 5.92. The predicted molar refractivity (Wildman–Crippen MR) is 89.6 cm³/mol. The first-order chi connectivity index (χ1) is 11.6. The Hall–Kier alpha value is -2.15. The van der Waals surface area contributed by atoms with Gasteiger partial charge in [-0.25, -0.2) is 4.98 Å². The topological polar surface area (TPSA) is 67.4 Å². The Morgan fingerprint density at radius 1 is 1.42 bits per heavy atom. The average molecular weight is 331 g/mol. The van der Waals surface area contributed by atoms with Gasteiger partial charge < -0.3 is 14.2 Å². The van der Waals surface area contributed by atoms with Crippen LogP contribution in [0.3, 0.4) is 0 Å². The molecule has 0 aliphatic carbocycles. The third-order valence-corrected chi connectivity index (χ3v) is 4.78. The molecule has 3 rings (SSSR count). The summed E-state index contributed by atoms with van der Waals surface area (Å²) in [7, 11) is 0. The minimum atomic E-state index is -0.0923. The zero-order chi connectivity index (χ0) is 17.1. The van der Waals surface area contributed by atoms with Crippen LogP contribution in [0.4, 0.5) is 0 Å². The molecule has 0 bridgehead atoms. The van der Waals surface area contributed by atoms with Crippen LogP contribution < -0.4 is 0 Å². The van der Waals surface area contributed by atoms with Gasteiger partial charge in [-0.3, -0.25) is 9.48 Å². The van der Waals surface area contributed by atoms with E-state index in [1.807, 2.05) is 17.2 Å². The molecule has 0 spiro atoms. The zero-order valence-electron chi connectivity index (χ0n) is 14.6. The van der Waals surface area contributed by atoms with Crippen LogP contribution >= 0.6 is 0 Å². The molecule has 1 amide bonds. The molecule has 3 heterocycles. The Morgan fingerprint density at radius 3 is 2.88 bits per heavy atom. The highest BCUT2D eigenvalue weighted by Crippen LogP contribution is 2.25. The van der Waals surface area contributed by atoms with Crippen LogP contribution in [-0.2, 0) is 6.54 Å². The summed E-state index contributed by atoms with van der Waals surface area (Å²) in [5, 5.41) is 4.47. The summed E-state index contributed by atoms with van der Waals surface area (Å²) < 4.78 is 7.35. The molecule has 7 nitrogen and oxygen atoms in total. The number of rotatable bonds is 6. The lowest BCUT2D eigenvalue weighted by Gasteiger charge is -2.34. The van der Waals surface area contributed by atoms with Gasteiger partial charge in [-0.1, -0.05) is 13.8 Å². The third-order valence-electron chi connectivity index (χ3n) is 4.78. The number of hydrogen-bond donors (Lipinski definition) is 0. The van der Waals surface area contributed by atoms with Gasteiger partial charge in [-0.15, -0.1) is 0 Å². The maximum Gasteiger partial charge on any atom is 0.291 e. The maximum absolute atomic E-state index is 12.8. The SMILES string of the molecule is CCN(CC)CCC1CN(C(=O)c2ocnc2C)Cc2ccnn21. The lowest BCUT2D eigenvalue weighted by Crippen LogP contribution is -2.42. The fourth-order valence-electron chi connectivity index (χ4n) is 3.28. The summed E-state index contributed by atoms with van der Waals surface area (Å²) in [5.41, 5.74) is 1.70. The van der Waals surface area contributed by atoms with Gasteiger partial charge in [0.2, 0.25) is 5.76 Å². The molecule has 130 valence electrons. The van der Waals surface area contributed by atoms with Crippen molar-refractivity contribution in [1.29, 1.82) is 0 Å². The van der Waals surface area contributed by atoms with Gasteiger partial charge in [-0.2, -0.15) is 5.10 Å². The molecule has 0 radical (unpaired) electrons. The minimum absolute atomic E-state index is 0.0923. The molecule has 2 aromatic heterocycles. The molecule has 0 N–H and O–H groups in total. The number of amides is 1. The van der Waals surface area contributed by atoms with E-state index in [0.29, 0.717) is 24.5 Å². The van der Waals surface area contributed by atoms with Gasteiger partial charge in [0.1, 0.15) is 0 Å². The summed E-state index contributed by atoms with van der Waals surface area (Å²) in [4.78, 5) is 21.0. The number of aromatic nitrogens is 3. The Kier molecular flexibility index (Phi) is 4.99. The number of nitrogens with zero attached hydrogens (tertiary/aromatic N) is 5. The Morgan fingerprint density at radius 2 is 2.21 bits per heavy atom. The van der Waals surface area contributed by atoms with Crippen LogP contribution in [0.15, 0.2) is 23.1 Å². The van der Waals surface area contributed by atoms with Crippen LogP contribution in [0.5, 0.6) is 0 Å². The summed E-state index contributed by atoms with van der Waals surface area (Å²) in [5.74, 6) is 0.246. The van der Waals surface area contributed by atoms with E-state index in [-0.39, 0.29) is 11.9 Å². The highest BCUT2D eigenvalue weighted by atomic mass is 16.3. The molecule has 2 aromatic rings. The normalized spacial score (nSPS) is 17.3. The first-order valence-corrected chi connectivity index (χ1v) is 8.58. The van der Waals surface area contributed by atoms with Crippen molar-refractivity contribution >= 4 is 5.91 Å². The van der Waals surface area contributed by atoms with Gasteiger partial charge in [0.25, 0.3) is 5.91 Å². The number of aryl methyl sites for hydroxylation is 1. The van der Waals surface area contributed by atoms with Crippen LogP contribution in [0.2, 0.25) is 0 Å². The van der Waals surface area contributed by atoms with Crippen molar-refractivity contribution in [1.82, 2.24) is 24.6 Å². The van der Waals surface area contributed by atoms with Crippen molar-refractivity contribution < 1.29 is 9.21 Å². The molecule has 1 aliphatic rings. The summed E-state index contributed by atoms with van der Waals surface area (Å²) in [6, 6.07) is 2.17. The molecular formula is C17H25N5O2. The van der Waals surface area contributed by atoms with Crippen molar-refractivity contribution in [2.45, 2.75) is 39.8 Å². The first kappa shape index (κ1) is 16.7. The number of fused-ring (bicyclic) bond motifs is 1. The first-order valence-electron chi connectivity index (χ1n) is 8.58. The second-order valence-electron chi connectivity index (χ2n) is 6.19. The minimum Gasteiger partial charge on any atom is -0.438 e. The van der Waals surface area contributed by atoms with Crippen LogP contribution in [-0.4, -0.2) is 56.7 Å². The molecule has 0 saturated heterocycles. The van der Waals surface area contributed by atoms with Gasteiger partial charge in [0.15, 0.2) is 6.39 Å². The van der Waals surface area contributed by atoms with Crippen molar-refractivity contribution in [3.05, 3.63) is 35.8 Å². The zero-order valence-corrected chi connectivity index (χ0v) is 14.6. The van der Waals surface area contributed by atoms with Crippen LogP contribution in [0, 0.1) is 6.92 Å². The molecule has 24 heavy (non-hydrogen) atoms. The van der Waals surface area contributed by atoms with Gasteiger partial charge in [0.05, 0.1) is 24.0 Å². The lowest BCUT2D eigenvalue weighted by molar-refractivity contribution is 0.0624. The Bertz CT molecular complexity index is 689. The van der Waals surface area contributed by atoms with E-state index >= 15 is 0 Å². The van der Waals surface area contributed by atoms with Crippen molar-refractivity contribution in [3.8, 4) is 0 Å². The molecule has 0 fully saturated rings. The fraction of sp³-hybridized carbons (Fsp3) is 0.588. The van der Waals surface area contributed by atoms with E-state index in [9.17, 15) is 4.79 Å². The van der Waals surface area contributed by atoms with Crippen molar-refractivity contribution in [3.63, 3.8) is 0 Å². The molecule has 7 heteroatoms. The van der Waals surface area contributed by atoms with E-state index in [1.165, 1.54) is 6.39 Å². The number of carbonyl (C=O) groups is 1. The number of hydrogen-bond acceptors (Lipinski definition) is 5. The van der Waals surface area contributed by atoms with E-state index in [2.05, 4.69) is 33.5 Å². The molecule has 1 aliphatic heterocycles. The van der Waals surface area contributed by atoms with E-state index in [1.54, 1.807) is 6.92 Å². The van der Waals surface area contributed by atoms with Crippen LogP contribution in [0.1, 0.15) is 48.3 Å². The van der Waals surface area contributed by atoms with E-state index in [0.717, 1.165) is 31.7 Å². The van der Waals surface area contributed by atoms with Gasteiger partial charge in [-0.05, 0) is 32.5 Å². The predicted octanol–water partition coefficient (Wildman–Crippen LogP) is 2.11. The smallest absolute Gasteiger partial charge is 0.291 e. The monoisotopic (exact) mass is 331 g/mol. The number of carbonyl (C=O) groups excluding carboxylic acids is 1. The van der Waals surface area contributed by atoms with Crippen LogP contribution in [0.25, 0.3) is 0 Å². The molecule has 1 unspecified atom stereocenters. The van der Waals surface area contributed by atoms with Gasteiger partial charge in [0, 0.05) is 19.3 Å². The summed E-state index contributed by atoms with van der Waals surface area (Å²) in [6.45, 7) is 10.4. The van der Waals surface area contributed by atoms with Crippen molar-refractivity contribution in [2.24, 2.45) is 0 Å². The second-order valence-corrected chi connectivity index (χ2v) is 6.19.